The first-order valence-corrected chi connectivity index (χ1v) is 6.56. The van der Waals surface area contributed by atoms with Gasteiger partial charge in [0.25, 0.3) is 0 Å². The van der Waals surface area contributed by atoms with E-state index in [0.717, 1.165) is 0 Å². The molecular formula is C14H32O4. The average molecular weight is 264 g/mol. The van der Waals surface area contributed by atoms with Gasteiger partial charge < -0.3 is 0 Å². The Balaban J connectivity index is 0. The fourth-order valence-electron chi connectivity index (χ4n) is 0.465. The molecule has 0 aliphatic rings. The second kappa shape index (κ2) is 8.10. The van der Waals surface area contributed by atoms with E-state index in [-0.39, 0.29) is 11.2 Å². The maximum absolute atomic E-state index is 5.15. The Bertz CT molecular complexity index is 179. The molecule has 18 heavy (non-hydrogen) atoms. The van der Waals surface area contributed by atoms with Gasteiger partial charge >= 0.3 is 0 Å². The molecule has 0 radical (unpaired) electrons. The molecule has 0 unspecified atom stereocenters. The van der Waals surface area contributed by atoms with Gasteiger partial charge in [-0.3, -0.25) is 0 Å². The number of rotatable bonds is 4. The molecule has 0 fully saturated rings. The molecule has 4 heteroatoms. The molecule has 0 saturated heterocycles. The van der Waals surface area contributed by atoms with E-state index in [2.05, 4.69) is 13.8 Å². The van der Waals surface area contributed by atoms with E-state index in [9.17, 15) is 0 Å². The van der Waals surface area contributed by atoms with Gasteiger partial charge in [-0.1, -0.05) is 20.3 Å². The Morgan fingerprint density at radius 2 is 0.778 bits per heavy atom. The summed E-state index contributed by atoms with van der Waals surface area (Å²) in [4.78, 5) is 20.6. The van der Waals surface area contributed by atoms with Gasteiger partial charge in [-0.2, -0.15) is 9.78 Å². The Morgan fingerprint density at radius 3 is 0.944 bits per heavy atom. The summed E-state index contributed by atoms with van der Waals surface area (Å²) in [5.41, 5.74) is -0.745. The number of hydrogen-bond donors (Lipinski definition) is 0. The van der Waals surface area contributed by atoms with E-state index in [0.29, 0.717) is 0 Å². The highest BCUT2D eigenvalue weighted by atomic mass is 17.3. The predicted octanol–water partition coefficient (Wildman–Crippen LogP) is 4.63. The van der Waals surface area contributed by atoms with Crippen molar-refractivity contribution in [3.63, 3.8) is 0 Å². The lowest BCUT2D eigenvalue weighted by Crippen LogP contribution is -2.36. The largest absolute Gasteiger partial charge is 0.228 e. The molecule has 0 aliphatic heterocycles. The first-order valence-electron chi connectivity index (χ1n) is 6.56. The smallest absolute Gasteiger partial charge is 0.228 e. The van der Waals surface area contributed by atoms with Crippen LogP contribution < -0.4 is 0 Å². The maximum Gasteiger partial charge on any atom is 0.228 e. The van der Waals surface area contributed by atoms with Crippen LogP contribution in [-0.4, -0.2) is 17.0 Å². The van der Waals surface area contributed by atoms with Crippen LogP contribution in [0.5, 0.6) is 0 Å². The average Bonchev–Trinajstić information content (AvgIpc) is 2.12. The van der Waals surface area contributed by atoms with E-state index in [1.54, 1.807) is 13.8 Å². The van der Waals surface area contributed by atoms with Crippen LogP contribution in [0.25, 0.3) is 0 Å². The SMILES string of the molecule is CC(C)(C)OOC(C)(C)OOC(C)(C)C.CCC. The molecule has 112 valence electrons. The van der Waals surface area contributed by atoms with E-state index in [4.69, 9.17) is 19.6 Å². The molecular weight excluding hydrogens is 232 g/mol. The lowest BCUT2D eigenvalue weighted by molar-refractivity contribution is -0.531. The van der Waals surface area contributed by atoms with Crippen LogP contribution in [0.15, 0.2) is 0 Å². The van der Waals surface area contributed by atoms with Crippen molar-refractivity contribution in [3.8, 4) is 0 Å². The van der Waals surface area contributed by atoms with Gasteiger partial charge in [-0.05, 0) is 55.4 Å². The summed E-state index contributed by atoms with van der Waals surface area (Å²) < 4.78 is 0. The predicted molar refractivity (Wildman–Crippen MR) is 73.9 cm³/mol. The van der Waals surface area contributed by atoms with Gasteiger partial charge in [-0.25, -0.2) is 9.78 Å². The molecule has 0 bridgehead atoms. The minimum Gasteiger partial charge on any atom is -0.228 e. The summed E-state index contributed by atoms with van der Waals surface area (Å²) >= 11 is 0. The van der Waals surface area contributed by atoms with Crippen molar-refractivity contribution in [2.75, 3.05) is 0 Å². The summed E-state index contributed by atoms with van der Waals surface area (Å²) in [6.07, 6.45) is 1.25. The molecule has 0 atom stereocenters. The summed E-state index contributed by atoms with van der Waals surface area (Å²) in [6, 6.07) is 0. The topological polar surface area (TPSA) is 36.9 Å². The molecule has 0 aromatic rings. The third-order valence-electron chi connectivity index (χ3n) is 0.985. The zero-order valence-electron chi connectivity index (χ0n) is 13.8. The summed E-state index contributed by atoms with van der Waals surface area (Å²) in [7, 11) is 0. The zero-order chi connectivity index (χ0) is 15.0. The Hall–Kier alpha value is -0.160. The van der Waals surface area contributed by atoms with Crippen LogP contribution in [0.3, 0.4) is 0 Å². The highest BCUT2D eigenvalue weighted by molar-refractivity contribution is 4.58. The Morgan fingerprint density at radius 1 is 0.556 bits per heavy atom. The molecule has 0 rings (SSSR count). The van der Waals surface area contributed by atoms with Gasteiger partial charge in [0.2, 0.25) is 5.79 Å². The van der Waals surface area contributed by atoms with Crippen LogP contribution in [0, 0.1) is 0 Å². The van der Waals surface area contributed by atoms with Crippen molar-refractivity contribution in [3.05, 3.63) is 0 Å². The molecule has 0 N–H and O–H groups in total. The van der Waals surface area contributed by atoms with Crippen LogP contribution in [0.1, 0.15) is 75.7 Å². The van der Waals surface area contributed by atoms with E-state index < -0.39 is 5.79 Å². The van der Waals surface area contributed by atoms with Crippen molar-refractivity contribution in [2.24, 2.45) is 0 Å². The first-order chi connectivity index (χ1) is 7.83. The fourth-order valence-corrected chi connectivity index (χ4v) is 0.465. The second-order valence-corrected chi connectivity index (χ2v) is 6.67. The highest BCUT2D eigenvalue weighted by Gasteiger charge is 2.28. The van der Waals surface area contributed by atoms with Crippen molar-refractivity contribution < 1.29 is 19.6 Å². The lowest BCUT2D eigenvalue weighted by atomic mass is 10.2. The minimum absolute atomic E-state index is 0.373. The first kappa shape index (κ1) is 20.2. The molecule has 0 amide bonds. The van der Waals surface area contributed by atoms with Crippen molar-refractivity contribution in [1.29, 1.82) is 0 Å². The van der Waals surface area contributed by atoms with Crippen LogP contribution in [0.4, 0.5) is 0 Å². The van der Waals surface area contributed by atoms with Crippen molar-refractivity contribution in [2.45, 2.75) is 92.6 Å². The molecule has 0 aromatic heterocycles. The Labute approximate surface area is 113 Å². The zero-order valence-corrected chi connectivity index (χ0v) is 13.8. The summed E-state index contributed by atoms with van der Waals surface area (Å²) in [5, 5.41) is 0. The van der Waals surface area contributed by atoms with E-state index in [1.807, 2.05) is 41.5 Å². The van der Waals surface area contributed by atoms with E-state index in [1.165, 1.54) is 6.42 Å². The van der Waals surface area contributed by atoms with Gasteiger partial charge in [-0.15, -0.1) is 0 Å². The van der Waals surface area contributed by atoms with E-state index >= 15 is 0 Å². The monoisotopic (exact) mass is 264 g/mol. The lowest BCUT2D eigenvalue weighted by Gasteiger charge is -2.29. The second-order valence-electron chi connectivity index (χ2n) is 6.67. The van der Waals surface area contributed by atoms with Gasteiger partial charge in [0.15, 0.2) is 0 Å². The summed E-state index contributed by atoms with van der Waals surface area (Å²) in [5.74, 6) is -0.930. The summed E-state index contributed by atoms with van der Waals surface area (Å²) in [6.45, 7) is 19.1. The molecule has 0 aromatic carbocycles. The van der Waals surface area contributed by atoms with Crippen molar-refractivity contribution >= 4 is 0 Å². The highest BCUT2D eigenvalue weighted by Crippen LogP contribution is 2.20. The standard InChI is InChI=1S/C11H24O4.C3H8/c1-9(2,3)12-14-11(7,8)15-13-10(4,5)6;1-3-2/h1-8H3;3H2,1-2H3. The van der Waals surface area contributed by atoms with Crippen LogP contribution in [-0.2, 0) is 19.6 Å². The van der Waals surface area contributed by atoms with Crippen LogP contribution >= 0.6 is 0 Å². The maximum atomic E-state index is 5.15. The van der Waals surface area contributed by atoms with Crippen molar-refractivity contribution in [1.82, 2.24) is 0 Å². The fraction of sp³-hybridized carbons (Fsp3) is 1.00. The molecule has 0 heterocycles. The van der Waals surface area contributed by atoms with Gasteiger partial charge in [0.1, 0.15) is 0 Å². The van der Waals surface area contributed by atoms with Gasteiger partial charge in [0.05, 0.1) is 11.2 Å². The molecule has 0 aliphatic carbocycles. The van der Waals surface area contributed by atoms with Gasteiger partial charge in [0, 0.05) is 0 Å². The third kappa shape index (κ3) is 18.2. The molecule has 0 saturated carbocycles. The third-order valence-corrected chi connectivity index (χ3v) is 0.985. The molecule has 4 nitrogen and oxygen atoms in total. The Kier molecular flexibility index (Phi) is 9.07. The molecule has 0 spiro atoms. The van der Waals surface area contributed by atoms with Crippen LogP contribution in [0.2, 0.25) is 0 Å². The minimum atomic E-state index is -0.930. The number of hydrogen-bond acceptors (Lipinski definition) is 4. The normalized spacial score (nSPS) is 13.0. The quantitative estimate of drug-likeness (QED) is 0.421.